The van der Waals surface area contributed by atoms with E-state index in [1.54, 1.807) is 25.1 Å². The van der Waals surface area contributed by atoms with E-state index in [1.807, 2.05) is 12.1 Å². The van der Waals surface area contributed by atoms with Crippen molar-refractivity contribution in [1.29, 1.82) is 0 Å². The molecule has 0 saturated heterocycles. The van der Waals surface area contributed by atoms with Gasteiger partial charge in [-0.2, -0.15) is 0 Å². The first-order chi connectivity index (χ1) is 8.56. The molecule has 0 saturated carbocycles. The van der Waals surface area contributed by atoms with E-state index in [9.17, 15) is 9.50 Å². The highest BCUT2D eigenvalue weighted by molar-refractivity contribution is 7.99. The summed E-state index contributed by atoms with van der Waals surface area (Å²) in [6.07, 6.45) is -0.699. The Morgan fingerprint density at radius 1 is 1.17 bits per heavy atom. The van der Waals surface area contributed by atoms with Gasteiger partial charge in [-0.05, 0) is 55.0 Å². The van der Waals surface area contributed by atoms with Crippen LogP contribution in [0.15, 0.2) is 52.3 Å². The second-order valence-corrected chi connectivity index (χ2v) is 5.47. The van der Waals surface area contributed by atoms with Gasteiger partial charge in [0.2, 0.25) is 0 Å². The summed E-state index contributed by atoms with van der Waals surface area (Å²) in [4.78, 5) is 1.83. The van der Waals surface area contributed by atoms with E-state index < -0.39 is 6.10 Å². The summed E-state index contributed by atoms with van der Waals surface area (Å²) >= 11 is 7.29. The van der Waals surface area contributed by atoms with Crippen molar-refractivity contribution < 1.29 is 9.50 Å². The highest BCUT2D eigenvalue weighted by Crippen LogP contribution is 2.34. The van der Waals surface area contributed by atoms with Gasteiger partial charge in [-0.25, -0.2) is 4.39 Å². The van der Waals surface area contributed by atoms with Crippen LogP contribution in [0.25, 0.3) is 0 Å². The Morgan fingerprint density at radius 2 is 1.83 bits per heavy atom. The van der Waals surface area contributed by atoms with Crippen molar-refractivity contribution in [2.24, 2.45) is 0 Å². The van der Waals surface area contributed by atoms with Crippen LogP contribution >= 0.6 is 23.4 Å². The minimum atomic E-state index is -0.699. The van der Waals surface area contributed by atoms with Gasteiger partial charge in [0.1, 0.15) is 5.82 Å². The fourth-order valence-corrected chi connectivity index (χ4v) is 2.70. The molecule has 0 heterocycles. The minimum absolute atomic E-state index is 0.341. The van der Waals surface area contributed by atoms with Gasteiger partial charge in [0.05, 0.1) is 6.10 Å². The van der Waals surface area contributed by atoms with Crippen LogP contribution in [0, 0.1) is 5.82 Å². The van der Waals surface area contributed by atoms with Crippen molar-refractivity contribution >= 4 is 23.4 Å². The molecule has 4 heteroatoms. The smallest absolute Gasteiger partial charge is 0.123 e. The van der Waals surface area contributed by atoms with Crippen LogP contribution in [0.2, 0.25) is 5.02 Å². The maximum Gasteiger partial charge on any atom is 0.123 e. The molecule has 18 heavy (non-hydrogen) atoms. The molecule has 94 valence electrons. The predicted octanol–water partition coefficient (Wildman–Crippen LogP) is 4.68. The molecule has 0 aromatic heterocycles. The molecule has 0 radical (unpaired) electrons. The Hall–Kier alpha value is -1.03. The second kappa shape index (κ2) is 5.74. The van der Waals surface area contributed by atoms with E-state index in [-0.39, 0.29) is 5.82 Å². The van der Waals surface area contributed by atoms with Gasteiger partial charge in [-0.15, -0.1) is 0 Å². The number of halogens is 2. The number of hydrogen-bond acceptors (Lipinski definition) is 2. The molecule has 0 fully saturated rings. The molecule has 1 unspecified atom stereocenters. The third kappa shape index (κ3) is 3.25. The molecule has 2 rings (SSSR count). The zero-order valence-electron chi connectivity index (χ0n) is 9.73. The average Bonchev–Trinajstić information content (AvgIpc) is 2.34. The normalized spacial score (nSPS) is 12.4. The molecule has 2 aromatic carbocycles. The van der Waals surface area contributed by atoms with Crippen LogP contribution in [0.1, 0.15) is 18.6 Å². The van der Waals surface area contributed by atoms with Gasteiger partial charge in [0.15, 0.2) is 0 Å². The molecule has 0 spiro atoms. The van der Waals surface area contributed by atoms with Gasteiger partial charge in [0.25, 0.3) is 0 Å². The largest absolute Gasteiger partial charge is 0.389 e. The fraction of sp³-hybridized carbons (Fsp3) is 0.143. The van der Waals surface area contributed by atoms with Crippen molar-refractivity contribution in [3.63, 3.8) is 0 Å². The van der Waals surface area contributed by atoms with Crippen molar-refractivity contribution in [1.82, 2.24) is 0 Å². The second-order valence-electron chi connectivity index (χ2n) is 3.91. The van der Waals surface area contributed by atoms with Gasteiger partial charge in [-0.1, -0.05) is 23.4 Å². The topological polar surface area (TPSA) is 20.2 Å². The molecule has 0 aliphatic rings. The lowest BCUT2D eigenvalue weighted by Gasteiger charge is -2.11. The fourth-order valence-electron chi connectivity index (χ4n) is 1.57. The van der Waals surface area contributed by atoms with Crippen molar-refractivity contribution in [2.75, 3.05) is 0 Å². The molecule has 2 aromatic rings. The summed E-state index contributed by atoms with van der Waals surface area (Å²) in [7, 11) is 0. The summed E-state index contributed by atoms with van der Waals surface area (Å²) in [6.45, 7) is 1.63. The van der Waals surface area contributed by atoms with E-state index in [0.717, 1.165) is 9.79 Å². The minimum Gasteiger partial charge on any atom is -0.389 e. The molecule has 0 aliphatic heterocycles. The number of hydrogen-bond donors (Lipinski definition) is 1. The SMILES string of the molecule is CC(O)c1cc(F)ccc1Sc1ccc(Cl)cc1. The van der Waals surface area contributed by atoms with Crippen LogP contribution in [-0.2, 0) is 0 Å². The monoisotopic (exact) mass is 282 g/mol. The number of aliphatic hydroxyl groups excluding tert-OH is 1. The van der Waals surface area contributed by atoms with E-state index >= 15 is 0 Å². The van der Waals surface area contributed by atoms with Crippen LogP contribution in [0.5, 0.6) is 0 Å². The third-order valence-corrected chi connectivity index (χ3v) is 3.81. The Kier molecular flexibility index (Phi) is 4.27. The van der Waals surface area contributed by atoms with Crippen molar-refractivity contribution in [2.45, 2.75) is 22.8 Å². The Balaban J connectivity index is 2.31. The number of aliphatic hydroxyl groups is 1. The molecular formula is C14H12ClFOS. The molecule has 1 N–H and O–H groups in total. The molecular weight excluding hydrogens is 271 g/mol. The summed E-state index contributed by atoms with van der Waals surface area (Å²) < 4.78 is 13.2. The summed E-state index contributed by atoms with van der Waals surface area (Å²) in [6, 6.07) is 11.8. The number of benzene rings is 2. The Labute approximate surface area is 115 Å². The molecule has 1 nitrogen and oxygen atoms in total. The van der Waals surface area contributed by atoms with Crippen LogP contribution < -0.4 is 0 Å². The first kappa shape index (κ1) is 13.4. The lowest BCUT2D eigenvalue weighted by atomic mass is 10.1. The lowest BCUT2D eigenvalue weighted by molar-refractivity contribution is 0.196. The highest BCUT2D eigenvalue weighted by atomic mass is 35.5. The van der Waals surface area contributed by atoms with Gasteiger partial charge in [0, 0.05) is 14.8 Å². The molecule has 0 amide bonds. The van der Waals surface area contributed by atoms with Gasteiger partial charge in [-0.3, -0.25) is 0 Å². The highest BCUT2D eigenvalue weighted by Gasteiger charge is 2.10. The maximum atomic E-state index is 13.2. The van der Waals surface area contributed by atoms with Gasteiger partial charge < -0.3 is 5.11 Å². The third-order valence-electron chi connectivity index (χ3n) is 2.46. The molecule has 1 atom stereocenters. The van der Waals surface area contributed by atoms with Crippen molar-refractivity contribution in [3.8, 4) is 0 Å². The standard InChI is InChI=1S/C14H12ClFOS/c1-9(17)13-8-11(16)4-7-14(13)18-12-5-2-10(15)3-6-12/h2-9,17H,1H3. The van der Waals surface area contributed by atoms with Crippen molar-refractivity contribution in [3.05, 3.63) is 58.9 Å². The quantitative estimate of drug-likeness (QED) is 0.882. The molecule has 0 aliphatic carbocycles. The zero-order chi connectivity index (χ0) is 13.1. The summed E-state index contributed by atoms with van der Waals surface area (Å²) in [5, 5.41) is 10.3. The predicted molar refractivity (Wildman–Crippen MR) is 72.6 cm³/mol. The van der Waals surface area contributed by atoms with E-state index in [2.05, 4.69) is 0 Å². The average molecular weight is 283 g/mol. The van der Waals surface area contributed by atoms with E-state index in [1.165, 1.54) is 23.9 Å². The maximum absolute atomic E-state index is 13.2. The molecule has 0 bridgehead atoms. The summed E-state index contributed by atoms with van der Waals surface area (Å²) in [5.74, 6) is -0.341. The van der Waals surface area contributed by atoms with Crippen LogP contribution in [0.3, 0.4) is 0 Å². The first-order valence-corrected chi connectivity index (χ1v) is 6.66. The summed E-state index contributed by atoms with van der Waals surface area (Å²) in [5.41, 5.74) is 0.593. The van der Waals surface area contributed by atoms with E-state index in [0.29, 0.717) is 10.6 Å². The van der Waals surface area contributed by atoms with Gasteiger partial charge >= 0.3 is 0 Å². The zero-order valence-corrected chi connectivity index (χ0v) is 11.3. The lowest BCUT2D eigenvalue weighted by Crippen LogP contribution is -1.95. The Morgan fingerprint density at radius 3 is 2.44 bits per heavy atom. The van der Waals surface area contributed by atoms with E-state index in [4.69, 9.17) is 11.6 Å². The Bertz CT molecular complexity index is 540. The van der Waals surface area contributed by atoms with Crippen LogP contribution in [-0.4, -0.2) is 5.11 Å². The van der Waals surface area contributed by atoms with Crippen LogP contribution in [0.4, 0.5) is 4.39 Å². The first-order valence-electron chi connectivity index (χ1n) is 5.47. The number of rotatable bonds is 3.